The van der Waals surface area contributed by atoms with Crippen LogP contribution in [-0.2, 0) is 0 Å². The third-order valence-electron chi connectivity index (χ3n) is 3.27. The molecule has 0 saturated carbocycles. The highest BCUT2D eigenvalue weighted by Crippen LogP contribution is 2.25. The molecule has 3 heteroatoms. The van der Waals surface area contributed by atoms with E-state index >= 15 is 0 Å². The molecule has 19 heavy (non-hydrogen) atoms. The monoisotopic (exact) mass is 264 g/mol. The number of hydrogen-bond donors (Lipinski definition) is 1. The second-order valence-corrected chi connectivity index (χ2v) is 4.83. The summed E-state index contributed by atoms with van der Waals surface area (Å²) in [6.07, 6.45) is 1.14. The minimum atomic E-state index is 0.327. The molecule has 1 N–H and O–H groups in total. The first kappa shape index (κ1) is 16.0. The number of para-hydroxylation sites is 1. The molecule has 0 fully saturated rings. The van der Waals surface area contributed by atoms with Gasteiger partial charge in [0.2, 0.25) is 0 Å². The van der Waals surface area contributed by atoms with E-state index in [2.05, 4.69) is 49.3 Å². The number of likely N-dealkylation sites (N-methyl/N-ethyl adjacent to an activating group) is 1. The van der Waals surface area contributed by atoms with Crippen LogP contribution in [-0.4, -0.2) is 38.2 Å². The first-order valence-corrected chi connectivity index (χ1v) is 7.36. The summed E-state index contributed by atoms with van der Waals surface area (Å²) in [6.45, 7) is 10.2. The topological polar surface area (TPSA) is 24.5 Å². The van der Waals surface area contributed by atoms with E-state index in [9.17, 15) is 0 Å². The minimum absolute atomic E-state index is 0.327. The summed E-state index contributed by atoms with van der Waals surface area (Å²) in [5.74, 6) is 1.00. The first-order chi connectivity index (χ1) is 9.22. The van der Waals surface area contributed by atoms with Gasteiger partial charge in [0.1, 0.15) is 5.75 Å². The maximum atomic E-state index is 5.75. The van der Waals surface area contributed by atoms with Crippen LogP contribution in [0.4, 0.5) is 0 Å². The smallest absolute Gasteiger partial charge is 0.124 e. The lowest BCUT2D eigenvalue weighted by Gasteiger charge is -2.26. The van der Waals surface area contributed by atoms with Gasteiger partial charge in [-0.15, -0.1) is 0 Å². The van der Waals surface area contributed by atoms with Crippen molar-refractivity contribution in [3.8, 4) is 5.75 Å². The molecule has 0 aliphatic heterocycles. The van der Waals surface area contributed by atoms with Crippen molar-refractivity contribution in [1.29, 1.82) is 0 Å². The van der Waals surface area contributed by atoms with Gasteiger partial charge in [0.15, 0.2) is 0 Å². The summed E-state index contributed by atoms with van der Waals surface area (Å²) in [5.41, 5.74) is 1.26. The van der Waals surface area contributed by atoms with E-state index in [0.717, 1.165) is 31.8 Å². The summed E-state index contributed by atoms with van der Waals surface area (Å²) >= 11 is 0. The second-order valence-electron chi connectivity index (χ2n) is 4.83. The molecule has 1 aromatic carbocycles. The SMILES string of the molecule is CCCNC(CN(C)CC)c1ccccc1OCC. The summed E-state index contributed by atoms with van der Waals surface area (Å²) in [4.78, 5) is 2.33. The molecular weight excluding hydrogens is 236 g/mol. The summed E-state index contributed by atoms with van der Waals surface area (Å²) < 4.78 is 5.75. The number of nitrogens with one attached hydrogen (secondary N) is 1. The maximum Gasteiger partial charge on any atom is 0.124 e. The van der Waals surface area contributed by atoms with Crippen molar-refractivity contribution in [2.24, 2.45) is 0 Å². The third-order valence-corrected chi connectivity index (χ3v) is 3.27. The van der Waals surface area contributed by atoms with Crippen molar-refractivity contribution in [2.75, 3.05) is 33.3 Å². The molecular formula is C16H28N2O. The minimum Gasteiger partial charge on any atom is -0.494 e. The molecule has 108 valence electrons. The van der Waals surface area contributed by atoms with Gasteiger partial charge in [-0.2, -0.15) is 0 Å². The third kappa shape index (κ3) is 5.21. The van der Waals surface area contributed by atoms with Gasteiger partial charge in [-0.3, -0.25) is 0 Å². The number of rotatable bonds is 9. The zero-order valence-electron chi connectivity index (χ0n) is 12.8. The number of benzene rings is 1. The second kappa shape index (κ2) is 8.94. The van der Waals surface area contributed by atoms with Crippen molar-refractivity contribution in [2.45, 2.75) is 33.2 Å². The lowest BCUT2D eigenvalue weighted by atomic mass is 10.0. The van der Waals surface area contributed by atoms with E-state index in [4.69, 9.17) is 4.74 Å². The van der Waals surface area contributed by atoms with Crippen molar-refractivity contribution in [1.82, 2.24) is 10.2 Å². The van der Waals surface area contributed by atoms with Crippen LogP contribution in [0.1, 0.15) is 38.8 Å². The van der Waals surface area contributed by atoms with Gasteiger partial charge in [-0.1, -0.05) is 32.0 Å². The van der Waals surface area contributed by atoms with Gasteiger partial charge in [-0.25, -0.2) is 0 Å². The molecule has 0 aliphatic rings. The quantitative estimate of drug-likeness (QED) is 0.742. The Hall–Kier alpha value is -1.06. The van der Waals surface area contributed by atoms with E-state index < -0.39 is 0 Å². The lowest BCUT2D eigenvalue weighted by Crippen LogP contribution is -2.33. The molecule has 0 spiro atoms. The van der Waals surface area contributed by atoms with Gasteiger partial charge in [0.05, 0.1) is 6.61 Å². The standard InChI is InChI=1S/C16H28N2O/c1-5-12-17-15(13-18(4)6-2)14-10-8-9-11-16(14)19-7-3/h8-11,15,17H,5-7,12-13H2,1-4H3. The Morgan fingerprint density at radius 1 is 1.21 bits per heavy atom. The van der Waals surface area contributed by atoms with Crippen molar-refractivity contribution >= 4 is 0 Å². The van der Waals surface area contributed by atoms with Crippen LogP contribution in [0, 0.1) is 0 Å². The van der Waals surface area contributed by atoms with Gasteiger partial charge < -0.3 is 15.0 Å². The zero-order valence-corrected chi connectivity index (χ0v) is 12.8. The Labute approximate surface area is 118 Å². The fourth-order valence-corrected chi connectivity index (χ4v) is 2.09. The summed E-state index contributed by atoms with van der Waals surface area (Å²) in [6, 6.07) is 8.68. The summed E-state index contributed by atoms with van der Waals surface area (Å²) in [7, 11) is 2.16. The van der Waals surface area contributed by atoms with E-state index in [1.54, 1.807) is 0 Å². The van der Waals surface area contributed by atoms with E-state index in [-0.39, 0.29) is 0 Å². The highest BCUT2D eigenvalue weighted by atomic mass is 16.5. The molecule has 0 saturated heterocycles. The van der Waals surface area contributed by atoms with Crippen LogP contribution >= 0.6 is 0 Å². The molecule has 0 radical (unpaired) electrons. The van der Waals surface area contributed by atoms with Crippen molar-refractivity contribution in [3.63, 3.8) is 0 Å². The molecule has 0 aliphatic carbocycles. The Kier molecular flexibility index (Phi) is 7.53. The van der Waals surface area contributed by atoms with Gasteiger partial charge in [0.25, 0.3) is 0 Å². The van der Waals surface area contributed by atoms with Crippen molar-refractivity contribution in [3.05, 3.63) is 29.8 Å². The zero-order chi connectivity index (χ0) is 14.1. The Bertz CT molecular complexity index is 354. The fourth-order valence-electron chi connectivity index (χ4n) is 2.09. The van der Waals surface area contributed by atoms with Gasteiger partial charge in [0, 0.05) is 18.2 Å². The maximum absolute atomic E-state index is 5.75. The van der Waals surface area contributed by atoms with E-state index in [1.807, 2.05) is 13.0 Å². The molecule has 1 aromatic rings. The van der Waals surface area contributed by atoms with E-state index in [1.165, 1.54) is 5.56 Å². The molecule has 0 aromatic heterocycles. The molecule has 3 nitrogen and oxygen atoms in total. The Morgan fingerprint density at radius 2 is 1.95 bits per heavy atom. The molecule has 0 amide bonds. The summed E-state index contributed by atoms with van der Waals surface area (Å²) in [5, 5.41) is 3.63. The highest BCUT2D eigenvalue weighted by molar-refractivity contribution is 5.36. The van der Waals surface area contributed by atoms with Crippen LogP contribution in [0.3, 0.4) is 0 Å². The molecule has 1 unspecified atom stereocenters. The van der Waals surface area contributed by atoms with Crippen LogP contribution in [0.15, 0.2) is 24.3 Å². The van der Waals surface area contributed by atoms with Gasteiger partial charge >= 0.3 is 0 Å². The molecule has 1 atom stereocenters. The lowest BCUT2D eigenvalue weighted by molar-refractivity contribution is 0.290. The average Bonchev–Trinajstić information content (AvgIpc) is 2.44. The van der Waals surface area contributed by atoms with Crippen LogP contribution in [0.25, 0.3) is 0 Å². The largest absolute Gasteiger partial charge is 0.494 e. The fraction of sp³-hybridized carbons (Fsp3) is 0.625. The molecule has 1 rings (SSSR count). The Morgan fingerprint density at radius 3 is 2.58 bits per heavy atom. The molecule has 0 heterocycles. The first-order valence-electron chi connectivity index (χ1n) is 7.36. The van der Waals surface area contributed by atoms with E-state index in [0.29, 0.717) is 12.6 Å². The number of nitrogens with zero attached hydrogens (tertiary/aromatic N) is 1. The van der Waals surface area contributed by atoms with Gasteiger partial charge in [-0.05, 0) is 39.5 Å². The number of ether oxygens (including phenoxy) is 1. The Balaban J connectivity index is 2.88. The predicted octanol–water partition coefficient (Wildman–Crippen LogP) is 3.08. The van der Waals surface area contributed by atoms with Crippen LogP contribution in [0.2, 0.25) is 0 Å². The number of hydrogen-bond acceptors (Lipinski definition) is 3. The highest BCUT2D eigenvalue weighted by Gasteiger charge is 2.16. The normalized spacial score (nSPS) is 12.7. The molecule has 0 bridgehead atoms. The predicted molar refractivity (Wildman–Crippen MR) is 81.8 cm³/mol. The van der Waals surface area contributed by atoms with Crippen LogP contribution < -0.4 is 10.1 Å². The van der Waals surface area contributed by atoms with Crippen LogP contribution in [0.5, 0.6) is 5.75 Å². The average molecular weight is 264 g/mol. The van der Waals surface area contributed by atoms with Crippen molar-refractivity contribution < 1.29 is 4.74 Å².